The highest BCUT2D eigenvalue weighted by molar-refractivity contribution is 5.97. The van der Waals surface area contributed by atoms with Gasteiger partial charge in [-0.1, -0.05) is 13.0 Å². The molecule has 14 heteroatoms. The van der Waals surface area contributed by atoms with Crippen molar-refractivity contribution < 1.29 is 45.4 Å². The zero-order valence-electron chi connectivity index (χ0n) is 18.5. The zero-order valence-corrected chi connectivity index (χ0v) is 18.5. The van der Waals surface area contributed by atoms with E-state index in [1.165, 1.54) is 13.0 Å². The fourth-order valence-corrected chi connectivity index (χ4v) is 3.91. The highest BCUT2D eigenvalue weighted by atomic mass is 19.4. The second-order valence-electron chi connectivity index (χ2n) is 8.03. The van der Waals surface area contributed by atoms with E-state index >= 15 is 0 Å². The minimum atomic E-state index is -4.93. The number of rotatable bonds is 5. The molecule has 0 bridgehead atoms. The number of primary amides is 1. The molecule has 1 saturated heterocycles. The minimum Gasteiger partial charge on any atom is -0.481 e. The van der Waals surface area contributed by atoms with Gasteiger partial charge in [0.25, 0.3) is 11.8 Å². The molecule has 190 valence electrons. The molecule has 0 radical (unpaired) electrons. The summed E-state index contributed by atoms with van der Waals surface area (Å²) in [5, 5.41) is 2.34. The molecule has 0 aromatic carbocycles. The number of halogens is 6. The van der Waals surface area contributed by atoms with Gasteiger partial charge < -0.3 is 20.5 Å². The number of nitrogens with zero attached hydrogens (tertiary/aromatic N) is 2. The number of alkyl halides is 6. The average molecular weight is 506 g/mol. The SMILES string of the molecule is COc1nc(C(F)(F)F)ccc1[C@@H]1[C@H](C(=O)Nc2ccnc(C(N)=O)c2)O[C@](C)(C(F)(F)F)[C@H]1C. The van der Waals surface area contributed by atoms with Gasteiger partial charge >= 0.3 is 12.4 Å². The van der Waals surface area contributed by atoms with Crippen molar-refractivity contribution in [2.75, 3.05) is 12.4 Å². The highest BCUT2D eigenvalue weighted by Crippen LogP contribution is 2.54. The summed E-state index contributed by atoms with van der Waals surface area (Å²) >= 11 is 0. The molecule has 3 N–H and O–H groups in total. The number of aromatic nitrogens is 2. The molecule has 0 spiro atoms. The van der Waals surface area contributed by atoms with Crippen LogP contribution in [0.3, 0.4) is 0 Å². The number of hydrogen-bond acceptors (Lipinski definition) is 6. The molecule has 2 amide bonds. The molecule has 3 rings (SSSR count). The number of carbonyl (C=O) groups is 2. The quantitative estimate of drug-likeness (QED) is 0.598. The Balaban J connectivity index is 2.07. The van der Waals surface area contributed by atoms with E-state index in [0.717, 1.165) is 32.4 Å². The molecule has 1 aliphatic heterocycles. The van der Waals surface area contributed by atoms with Crippen molar-refractivity contribution in [3.63, 3.8) is 0 Å². The Kier molecular flexibility index (Phi) is 6.72. The number of nitrogens with two attached hydrogens (primary N) is 1. The average Bonchev–Trinajstić information content (AvgIpc) is 3.04. The summed E-state index contributed by atoms with van der Waals surface area (Å²) in [7, 11) is 1.01. The monoisotopic (exact) mass is 506 g/mol. The predicted molar refractivity (Wildman–Crippen MR) is 108 cm³/mol. The molecule has 2 aromatic rings. The molecule has 35 heavy (non-hydrogen) atoms. The van der Waals surface area contributed by atoms with Crippen LogP contribution in [0.15, 0.2) is 30.5 Å². The lowest BCUT2D eigenvalue weighted by atomic mass is 9.77. The first-order valence-electron chi connectivity index (χ1n) is 10.0. The zero-order chi connectivity index (χ0) is 26.3. The van der Waals surface area contributed by atoms with Crippen molar-refractivity contribution in [3.05, 3.63) is 47.4 Å². The maximum absolute atomic E-state index is 14.0. The van der Waals surface area contributed by atoms with Crippen molar-refractivity contribution in [1.29, 1.82) is 0 Å². The summed E-state index contributed by atoms with van der Waals surface area (Å²) in [6, 6.07) is 3.88. The van der Waals surface area contributed by atoms with Crippen molar-refractivity contribution in [1.82, 2.24) is 9.97 Å². The first-order valence-corrected chi connectivity index (χ1v) is 10.0. The third-order valence-corrected chi connectivity index (χ3v) is 5.94. The fraction of sp³-hybridized carbons (Fsp3) is 0.429. The largest absolute Gasteiger partial charge is 0.481 e. The topological polar surface area (TPSA) is 116 Å². The summed E-state index contributed by atoms with van der Waals surface area (Å²) in [6.45, 7) is 1.92. The summed E-state index contributed by atoms with van der Waals surface area (Å²) in [5.41, 5.74) is 0.602. The molecule has 4 atom stereocenters. The van der Waals surface area contributed by atoms with E-state index in [4.69, 9.17) is 15.2 Å². The summed E-state index contributed by atoms with van der Waals surface area (Å²) < 4.78 is 91.5. The third-order valence-electron chi connectivity index (χ3n) is 5.94. The van der Waals surface area contributed by atoms with Crippen LogP contribution >= 0.6 is 0 Å². The molecule has 8 nitrogen and oxygen atoms in total. The van der Waals surface area contributed by atoms with Crippen LogP contribution in [0.4, 0.5) is 32.0 Å². The van der Waals surface area contributed by atoms with Gasteiger partial charge in [0.15, 0.2) is 5.60 Å². The molecule has 0 unspecified atom stereocenters. The number of pyridine rings is 2. The summed E-state index contributed by atoms with van der Waals surface area (Å²) in [6.07, 6.45) is -10.4. The second-order valence-corrected chi connectivity index (χ2v) is 8.03. The number of hydrogen-bond donors (Lipinski definition) is 2. The number of methoxy groups -OCH3 is 1. The molecule has 1 fully saturated rings. The number of anilines is 1. The Hall–Kier alpha value is -3.42. The number of carbonyl (C=O) groups excluding carboxylic acids is 2. The highest BCUT2D eigenvalue weighted by Gasteiger charge is 2.66. The van der Waals surface area contributed by atoms with Crippen LogP contribution in [0.1, 0.15) is 41.5 Å². The molecule has 1 aliphatic rings. The lowest BCUT2D eigenvalue weighted by Crippen LogP contribution is -2.47. The van der Waals surface area contributed by atoms with Gasteiger partial charge in [-0.15, -0.1) is 0 Å². The van der Waals surface area contributed by atoms with Crippen LogP contribution in [-0.4, -0.2) is 46.8 Å². The Morgan fingerprint density at radius 2 is 1.83 bits per heavy atom. The Morgan fingerprint density at radius 3 is 2.37 bits per heavy atom. The van der Waals surface area contributed by atoms with Gasteiger partial charge in [0.2, 0.25) is 5.88 Å². The van der Waals surface area contributed by atoms with Crippen LogP contribution in [-0.2, 0) is 15.7 Å². The normalized spacial score (nSPS) is 24.8. The number of ether oxygens (including phenoxy) is 2. The van der Waals surface area contributed by atoms with E-state index < -0.39 is 59.3 Å². The molecule has 3 heterocycles. The third kappa shape index (κ3) is 4.88. The van der Waals surface area contributed by atoms with Gasteiger partial charge in [-0.05, 0) is 25.1 Å². The van der Waals surface area contributed by atoms with Gasteiger partial charge in [0.1, 0.15) is 17.5 Å². The van der Waals surface area contributed by atoms with Crippen LogP contribution in [0.2, 0.25) is 0 Å². The Morgan fingerprint density at radius 1 is 1.17 bits per heavy atom. The molecule has 2 aromatic heterocycles. The molecular formula is C21H20F6N4O4. The Bertz CT molecular complexity index is 1140. The van der Waals surface area contributed by atoms with Gasteiger partial charge in [-0.25, -0.2) is 4.98 Å². The lowest BCUT2D eigenvalue weighted by molar-refractivity contribution is -0.272. The van der Waals surface area contributed by atoms with E-state index in [1.54, 1.807) is 0 Å². The van der Waals surface area contributed by atoms with Crippen molar-refractivity contribution in [3.8, 4) is 5.88 Å². The van der Waals surface area contributed by atoms with Crippen molar-refractivity contribution >= 4 is 17.5 Å². The van der Waals surface area contributed by atoms with Crippen LogP contribution < -0.4 is 15.8 Å². The van der Waals surface area contributed by atoms with E-state index in [-0.39, 0.29) is 16.9 Å². The van der Waals surface area contributed by atoms with Crippen LogP contribution in [0.5, 0.6) is 5.88 Å². The van der Waals surface area contributed by atoms with Crippen molar-refractivity contribution in [2.24, 2.45) is 11.7 Å². The lowest BCUT2D eigenvalue weighted by Gasteiger charge is -2.31. The second kappa shape index (κ2) is 8.98. The van der Waals surface area contributed by atoms with Gasteiger partial charge in [0.05, 0.1) is 7.11 Å². The molecule has 0 saturated carbocycles. The van der Waals surface area contributed by atoms with Crippen LogP contribution in [0, 0.1) is 5.92 Å². The minimum absolute atomic E-state index is 0.00748. The van der Waals surface area contributed by atoms with E-state index in [0.29, 0.717) is 6.07 Å². The maximum atomic E-state index is 14.0. The number of amides is 2. The standard InChI is InChI=1S/C21H20F6N4O4/c1-9-14(11-4-5-13(20(22,23)24)31-18(11)34-3)15(35-19(9,2)21(25,26)27)17(33)30-10-6-7-29-12(8-10)16(28)32/h4-9,14-15H,1-3H3,(H2,28,32)(H,29,30,33)/t9-,14+,15+,19-/m0/s1. The molecular weight excluding hydrogens is 486 g/mol. The maximum Gasteiger partial charge on any atom is 0.433 e. The molecule has 0 aliphatic carbocycles. The number of nitrogens with one attached hydrogen (secondary N) is 1. The van der Waals surface area contributed by atoms with Gasteiger partial charge in [0, 0.05) is 29.3 Å². The first-order chi connectivity index (χ1) is 16.1. The van der Waals surface area contributed by atoms with Crippen molar-refractivity contribution in [2.45, 2.75) is 43.8 Å². The smallest absolute Gasteiger partial charge is 0.433 e. The van der Waals surface area contributed by atoms with Gasteiger partial charge in [-0.2, -0.15) is 26.3 Å². The summed E-state index contributed by atoms with van der Waals surface area (Å²) in [5.74, 6) is -5.38. The van der Waals surface area contributed by atoms with E-state index in [1.807, 2.05) is 0 Å². The first kappa shape index (κ1) is 26.2. The van der Waals surface area contributed by atoms with Crippen LogP contribution in [0.25, 0.3) is 0 Å². The predicted octanol–water partition coefficient (Wildman–Crippen LogP) is 3.68. The van der Waals surface area contributed by atoms with Gasteiger partial charge in [-0.3, -0.25) is 14.6 Å². The van der Waals surface area contributed by atoms with E-state index in [2.05, 4.69) is 15.3 Å². The van der Waals surface area contributed by atoms with E-state index in [9.17, 15) is 35.9 Å². The fourth-order valence-electron chi connectivity index (χ4n) is 3.91. The Labute approximate surface area is 194 Å². The summed E-state index contributed by atoms with van der Waals surface area (Å²) in [4.78, 5) is 31.5.